The van der Waals surface area contributed by atoms with Gasteiger partial charge in [0, 0.05) is 30.0 Å². The predicted molar refractivity (Wildman–Crippen MR) is 160 cm³/mol. The lowest BCUT2D eigenvalue weighted by molar-refractivity contribution is -0.139. The SMILES string of the molecule is CNC(=O)[C@@H](Cc1ccccc1)N(Cc1ccccc1F)C(=O)CN(c1ccc(Br)cc1)S(=O)(=O)c1ccccc1. The zero-order valence-corrected chi connectivity index (χ0v) is 24.7. The molecular weight excluding hydrogens is 609 g/mol. The van der Waals surface area contributed by atoms with Crippen LogP contribution in [0.2, 0.25) is 0 Å². The van der Waals surface area contributed by atoms with Gasteiger partial charge in [0.2, 0.25) is 11.8 Å². The minimum absolute atomic E-state index is 0.00325. The molecule has 10 heteroatoms. The van der Waals surface area contributed by atoms with E-state index in [-0.39, 0.29) is 29.1 Å². The van der Waals surface area contributed by atoms with Crippen molar-refractivity contribution in [2.75, 3.05) is 17.9 Å². The molecule has 1 N–H and O–H groups in total. The molecule has 2 amide bonds. The van der Waals surface area contributed by atoms with E-state index < -0.39 is 40.2 Å². The first kappa shape index (κ1) is 30.0. The van der Waals surface area contributed by atoms with Gasteiger partial charge in [-0.15, -0.1) is 0 Å². The van der Waals surface area contributed by atoms with Crippen LogP contribution in [0, 0.1) is 5.82 Å². The van der Waals surface area contributed by atoms with E-state index in [9.17, 15) is 22.4 Å². The maximum absolute atomic E-state index is 14.8. The largest absolute Gasteiger partial charge is 0.357 e. The van der Waals surface area contributed by atoms with Crippen LogP contribution in [0.1, 0.15) is 11.1 Å². The molecule has 212 valence electrons. The molecule has 41 heavy (non-hydrogen) atoms. The van der Waals surface area contributed by atoms with Gasteiger partial charge in [0.25, 0.3) is 10.0 Å². The molecule has 0 aliphatic rings. The Labute approximate surface area is 247 Å². The summed E-state index contributed by atoms with van der Waals surface area (Å²) in [6, 6.07) is 28.4. The van der Waals surface area contributed by atoms with E-state index in [0.717, 1.165) is 14.3 Å². The van der Waals surface area contributed by atoms with E-state index >= 15 is 0 Å². The fourth-order valence-corrected chi connectivity index (χ4v) is 6.09. The second-order valence-electron chi connectivity index (χ2n) is 9.23. The molecule has 0 aromatic heterocycles. The van der Waals surface area contributed by atoms with Crippen molar-refractivity contribution in [3.63, 3.8) is 0 Å². The van der Waals surface area contributed by atoms with Crippen LogP contribution in [0.25, 0.3) is 0 Å². The standard InChI is InChI=1S/C31H29BrFN3O4S/c1-34-31(38)29(20-23-10-4-2-5-11-23)35(21-24-12-8-9-15-28(24)33)30(37)22-36(26-18-16-25(32)17-19-26)41(39,40)27-13-6-3-7-14-27/h2-19,29H,20-22H2,1H3,(H,34,38)/t29-/m1/s1. The summed E-state index contributed by atoms with van der Waals surface area (Å²) in [7, 11) is -2.73. The van der Waals surface area contributed by atoms with Crippen molar-refractivity contribution in [1.29, 1.82) is 0 Å². The smallest absolute Gasteiger partial charge is 0.264 e. The summed E-state index contributed by atoms with van der Waals surface area (Å²) in [5, 5.41) is 2.60. The maximum Gasteiger partial charge on any atom is 0.264 e. The van der Waals surface area contributed by atoms with Gasteiger partial charge in [-0.05, 0) is 48.0 Å². The average Bonchev–Trinajstić information content (AvgIpc) is 2.99. The monoisotopic (exact) mass is 637 g/mol. The molecule has 0 fully saturated rings. The van der Waals surface area contributed by atoms with Crippen molar-refractivity contribution < 1.29 is 22.4 Å². The van der Waals surface area contributed by atoms with Crippen molar-refractivity contribution in [3.05, 3.63) is 131 Å². The van der Waals surface area contributed by atoms with Crippen molar-refractivity contribution in [2.24, 2.45) is 0 Å². The number of benzene rings is 4. The molecule has 4 aromatic rings. The van der Waals surface area contributed by atoms with Gasteiger partial charge in [-0.2, -0.15) is 0 Å². The Morgan fingerprint density at radius 2 is 1.44 bits per heavy atom. The lowest BCUT2D eigenvalue weighted by Crippen LogP contribution is -2.53. The Hall–Kier alpha value is -4.02. The van der Waals surface area contributed by atoms with E-state index in [1.54, 1.807) is 48.5 Å². The number of carbonyl (C=O) groups is 2. The average molecular weight is 639 g/mol. The summed E-state index contributed by atoms with van der Waals surface area (Å²) >= 11 is 3.36. The van der Waals surface area contributed by atoms with Crippen LogP contribution in [0.3, 0.4) is 0 Å². The van der Waals surface area contributed by atoms with Gasteiger partial charge in [-0.1, -0.05) is 82.7 Å². The van der Waals surface area contributed by atoms with Crippen molar-refractivity contribution >= 4 is 43.5 Å². The van der Waals surface area contributed by atoms with Gasteiger partial charge < -0.3 is 10.2 Å². The number of nitrogens with zero attached hydrogens (tertiary/aromatic N) is 2. The third-order valence-corrected chi connectivity index (χ3v) is 8.86. The molecular formula is C31H29BrFN3O4S. The van der Waals surface area contributed by atoms with Gasteiger partial charge in [0.1, 0.15) is 18.4 Å². The lowest BCUT2D eigenvalue weighted by Gasteiger charge is -2.33. The molecule has 4 aromatic carbocycles. The van der Waals surface area contributed by atoms with Gasteiger partial charge in [0.15, 0.2) is 0 Å². The highest BCUT2D eigenvalue weighted by molar-refractivity contribution is 9.10. The van der Waals surface area contributed by atoms with E-state index in [1.165, 1.54) is 42.3 Å². The summed E-state index contributed by atoms with van der Waals surface area (Å²) in [5.41, 5.74) is 1.24. The predicted octanol–water partition coefficient (Wildman–Crippen LogP) is 5.17. The van der Waals surface area contributed by atoms with Crippen LogP contribution in [0.5, 0.6) is 0 Å². The summed E-state index contributed by atoms with van der Waals surface area (Å²) in [6.07, 6.45) is 0.143. The summed E-state index contributed by atoms with van der Waals surface area (Å²) in [6.45, 7) is -0.856. The molecule has 0 spiro atoms. The van der Waals surface area contributed by atoms with Crippen LogP contribution >= 0.6 is 15.9 Å². The van der Waals surface area contributed by atoms with E-state index in [2.05, 4.69) is 21.2 Å². The topological polar surface area (TPSA) is 86.8 Å². The molecule has 0 saturated heterocycles. The molecule has 0 unspecified atom stereocenters. The fraction of sp³-hybridized carbons (Fsp3) is 0.161. The van der Waals surface area contributed by atoms with Crippen molar-refractivity contribution in [2.45, 2.75) is 23.9 Å². The van der Waals surface area contributed by atoms with Crippen LogP contribution < -0.4 is 9.62 Å². The summed E-state index contributed by atoms with van der Waals surface area (Å²) < 4.78 is 44.2. The number of hydrogen-bond acceptors (Lipinski definition) is 4. The number of anilines is 1. The molecule has 0 saturated carbocycles. The number of nitrogens with one attached hydrogen (secondary N) is 1. The van der Waals surface area contributed by atoms with E-state index in [4.69, 9.17) is 0 Å². The highest BCUT2D eigenvalue weighted by Gasteiger charge is 2.34. The number of likely N-dealkylation sites (N-methyl/N-ethyl adjacent to an activating group) is 1. The highest BCUT2D eigenvalue weighted by Crippen LogP contribution is 2.26. The van der Waals surface area contributed by atoms with Crippen LogP contribution in [-0.4, -0.2) is 44.8 Å². The molecule has 0 bridgehead atoms. The molecule has 7 nitrogen and oxygen atoms in total. The van der Waals surface area contributed by atoms with Gasteiger partial charge in [0.05, 0.1) is 10.6 Å². The first-order valence-electron chi connectivity index (χ1n) is 12.8. The van der Waals surface area contributed by atoms with E-state index in [1.807, 2.05) is 30.3 Å². The summed E-state index contributed by atoms with van der Waals surface area (Å²) in [5.74, 6) is -1.66. The number of rotatable bonds is 11. The fourth-order valence-electron chi connectivity index (χ4n) is 4.39. The van der Waals surface area contributed by atoms with E-state index in [0.29, 0.717) is 0 Å². The molecule has 0 radical (unpaired) electrons. The maximum atomic E-state index is 14.8. The minimum Gasteiger partial charge on any atom is -0.357 e. The minimum atomic E-state index is -4.19. The zero-order chi connectivity index (χ0) is 29.4. The van der Waals surface area contributed by atoms with Crippen LogP contribution in [0.4, 0.5) is 10.1 Å². The first-order chi connectivity index (χ1) is 19.7. The number of sulfonamides is 1. The van der Waals surface area contributed by atoms with Crippen LogP contribution in [-0.2, 0) is 32.6 Å². The Morgan fingerprint density at radius 1 is 0.854 bits per heavy atom. The second kappa shape index (κ2) is 13.6. The molecule has 1 atom stereocenters. The van der Waals surface area contributed by atoms with Crippen molar-refractivity contribution in [1.82, 2.24) is 10.2 Å². The van der Waals surface area contributed by atoms with Gasteiger partial charge in [-0.25, -0.2) is 12.8 Å². The number of carbonyl (C=O) groups excluding carboxylic acids is 2. The third kappa shape index (κ3) is 7.39. The Balaban J connectivity index is 1.78. The molecule has 0 aliphatic carbocycles. The Kier molecular flexibility index (Phi) is 9.91. The summed E-state index contributed by atoms with van der Waals surface area (Å²) in [4.78, 5) is 28.6. The number of amides is 2. The molecule has 0 heterocycles. The highest BCUT2D eigenvalue weighted by atomic mass is 79.9. The Bertz CT molecular complexity index is 1590. The Morgan fingerprint density at radius 3 is 2.05 bits per heavy atom. The lowest BCUT2D eigenvalue weighted by atomic mass is 10.0. The van der Waals surface area contributed by atoms with Gasteiger partial charge >= 0.3 is 0 Å². The normalized spacial score (nSPS) is 11.9. The second-order valence-corrected chi connectivity index (χ2v) is 12.0. The number of halogens is 2. The first-order valence-corrected chi connectivity index (χ1v) is 15.1. The molecule has 0 aliphatic heterocycles. The molecule has 4 rings (SSSR count). The van der Waals surface area contributed by atoms with Gasteiger partial charge in [-0.3, -0.25) is 13.9 Å². The van der Waals surface area contributed by atoms with Crippen LogP contribution in [0.15, 0.2) is 119 Å². The van der Waals surface area contributed by atoms with Crippen molar-refractivity contribution in [3.8, 4) is 0 Å². The number of hydrogen-bond donors (Lipinski definition) is 1. The third-order valence-electron chi connectivity index (χ3n) is 6.54. The quantitative estimate of drug-likeness (QED) is 0.246. The zero-order valence-electron chi connectivity index (χ0n) is 22.3.